The second-order valence-corrected chi connectivity index (χ2v) is 5.62. The zero-order valence-corrected chi connectivity index (χ0v) is 12.5. The minimum atomic E-state index is 0. The number of halogens is 1. The van der Waals surface area contributed by atoms with Gasteiger partial charge in [-0.2, -0.15) is 0 Å². The van der Waals surface area contributed by atoms with Crippen LogP contribution in [0.4, 0.5) is 5.69 Å². The van der Waals surface area contributed by atoms with Crippen molar-refractivity contribution in [2.75, 3.05) is 5.32 Å². The number of hydrogen-bond acceptors (Lipinski definition) is 1. The number of rotatable bonds is 3. The molecule has 0 aliphatic heterocycles. The van der Waals surface area contributed by atoms with Crippen LogP contribution in [0, 0.1) is 0 Å². The lowest BCUT2D eigenvalue weighted by Gasteiger charge is -2.21. The predicted molar refractivity (Wildman–Crippen MR) is 75.6 cm³/mol. The van der Waals surface area contributed by atoms with Crippen molar-refractivity contribution in [3.8, 4) is 0 Å². The molecule has 1 heterocycles. The lowest BCUT2D eigenvalue weighted by molar-refractivity contribution is -0.688. The molecule has 0 unspecified atom stereocenters. The minimum Gasteiger partial charge on any atom is -1.00 e. The molecule has 0 bridgehead atoms. The molecule has 3 heteroatoms. The van der Waals surface area contributed by atoms with E-state index in [1.54, 1.807) is 0 Å². The van der Waals surface area contributed by atoms with Crippen molar-refractivity contribution in [2.24, 2.45) is 0 Å². The van der Waals surface area contributed by atoms with E-state index in [2.05, 4.69) is 79.4 Å². The van der Waals surface area contributed by atoms with Crippen LogP contribution in [0.15, 0.2) is 54.9 Å². The molecule has 2 rings (SSSR count). The van der Waals surface area contributed by atoms with Gasteiger partial charge in [0.05, 0.1) is 0 Å². The van der Waals surface area contributed by atoms with Crippen LogP contribution in [0.1, 0.15) is 26.3 Å². The van der Waals surface area contributed by atoms with Crippen LogP contribution in [0.5, 0.6) is 0 Å². The number of aromatic nitrogens is 1. The maximum Gasteiger partial charge on any atom is 0.173 e. The SMILES string of the molecule is CC(C)(C)Nc1cc[n+](Cc2ccccc2)cc1.[Cl-]. The van der Waals surface area contributed by atoms with E-state index in [1.165, 1.54) is 5.56 Å². The lowest BCUT2D eigenvalue weighted by atomic mass is 10.1. The average Bonchev–Trinajstić information content (AvgIpc) is 2.31. The number of benzene rings is 1. The molecule has 0 amide bonds. The molecule has 0 saturated heterocycles. The summed E-state index contributed by atoms with van der Waals surface area (Å²) in [4.78, 5) is 0. The van der Waals surface area contributed by atoms with E-state index in [0.717, 1.165) is 12.2 Å². The fourth-order valence-electron chi connectivity index (χ4n) is 1.87. The van der Waals surface area contributed by atoms with Crippen LogP contribution in [0.2, 0.25) is 0 Å². The Labute approximate surface area is 121 Å². The largest absolute Gasteiger partial charge is 1.00 e. The topological polar surface area (TPSA) is 15.9 Å². The van der Waals surface area contributed by atoms with Crippen molar-refractivity contribution in [1.82, 2.24) is 0 Å². The van der Waals surface area contributed by atoms with Gasteiger partial charge in [0.15, 0.2) is 18.9 Å². The Bertz CT molecular complexity index is 486. The number of nitrogens with zero attached hydrogens (tertiary/aromatic N) is 1. The maximum absolute atomic E-state index is 3.46. The summed E-state index contributed by atoms with van der Waals surface area (Å²) in [5, 5.41) is 3.46. The second kappa shape index (κ2) is 6.58. The molecule has 0 aliphatic carbocycles. The molecule has 1 aromatic heterocycles. The first-order valence-corrected chi connectivity index (χ1v) is 6.34. The van der Waals surface area contributed by atoms with Gasteiger partial charge in [0.2, 0.25) is 0 Å². The molecular weight excluding hydrogens is 256 g/mol. The molecule has 1 aromatic carbocycles. The standard InChI is InChI=1S/C16H20N2.ClH/c1-16(2,3)17-15-9-11-18(12-10-15)13-14-7-5-4-6-8-14;/h4-12H,13H2,1-3H3;1H. The Hall–Kier alpha value is -1.54. The molecule has 0 saturated carbocycles. The van der Waals surface area contributed by atoms with E-state index in [4.69, 9.17) is 0 Å². The highest BCUT2D eigenvalue weighted by atomic mass is 35.5. The van der Waals surface area contributed by atoms with E-state index in [9.17, 15) is 0 Å². The molecule has 0 spiro atoms. The minimum absolute atomic E-state index is 0. The Morgan fingerprint density at radius 2 is 1.53 bits per heavy atom. The summed E-state index contributed by atoms with van der Waals surface area (Å²) < 4.78 is 2.18. The summed E-state index contributed by atoms with van der Waals surface area (Å²) >= 11 is 0. The molecule has 102 valence electrons. The van der Waals surface area contributed by atoms with Crippen molar-refractivity contribution in [3.05, 3.63) is 60.4 Å². The van der Waals surface area contributed by atoms with Gasteiger partial charge in [-0.25, -0.2) is 4.57 Å². The maximum atomic E-state index is 3.46. The van der Waals surface area contributed by atoms with Gasteiger partial charge in [-0.1, -0.05) is 30.3 Å². The fraction of sp³-hybridized carbons (Fsp3) is 0.312. The van der Waals surface area contributed by atoms with Gasteiger partial charge in [0, 0.05) is 28.9 Å². The number of pyridine rings is 1. The summed E-state index contributed by atoms with van der Waals surface area (Å²) in [6, 6.07) is 14.7. The van der Waals surface area contributed by atoms with Gasteiger partial charge < -0.3 is 17.7 Å². The second-order valence-electron chi connectivity index (χ2n) is 5.62. The summed E-state index contributed by atoms with van der Waals surface area (Å²) in [6.07, 6.45) is 4.22. The van der Waals surface area contributed by atoms with Crippen molar-refractivity contribution < 1.29 is 17.0 Å². The van der Waals surface area contributed by atoms with Crippen LogP contribution >= 0.6 is 0 Å². The van der Waals surface area contributed by atoms with Crippen LogP contribution < -0.4 is 22.3 Å². The third-order valence-electron chi connectivity index (χ3n) is 2.62. The third-order valence-corrected chi connectivity index (χ3v) is 2.62. The zero-order valence-electron chi connectivity index (χ0n) is 11.7. The summed E-state index contributed by atoms with van der Waals surface area (Å²) in [5.41, 5.74) is 2.58. The highest BCUT2D eigenvalue weighted by Gasteiger charge is 2.10. The molecule has 2 nitrogen and oxygen atoms in total. The molecule has 0 atom stereocenters. The first-order valence-electron chi connectivity index (χ1n) is 6.34. The van der Waals surface area contributed by atoms with Crippen molar-refractivity contribution in [1.29, 1.82) is 0 Å². The van der Waals surface area contributed by atoms with Gasteiger partial charge in [-0.3, -0.25) is 0 Å². The number of anilines is 1. The fourth-order valence-corrected chi connectivity index (χ4v) is 1.87. The van der Waals surface area contributed by atoms with Gasteiger partial charge in [0.1, 0.15) is 0 Å². The smallest absolute Gasteiger partial charge is 0.173 e. The van der Waals surface area contributed by atoms with E-state index >= 15 is 0 Å². The number of hydrogen-bond donors (Lipinski definition) is 1. The van der Waals surface area contributed by atoms with E-state index in [0.29, 0.717) is 0 Å². The molecule has 19 heavy (non-hydrogen) atoms. The quantitative estimate of drug-likeness (QED) is 0.794. The van der Waals surface area contributed by atoms with E-state index in [-0.39, 0.29) is 17.9 Å². The first-order chi connectivity index (χ1) is 8.53. The Morgan fingerprint density at radius 1 is 0.947 bits per heavy atom. The summed E-state index contributed by atoms with van der Waals surface area (Å²) in [6.45, 7) is 7.41. The van der Waals surface area contributed by atoms with Crippen LogP contribution in [-0.2, 0) is 6.54 Å². The molecule has 0 aliphatic rings. The zero-order chi connectivity index (χ0) is 13.0. The van der Waals surface area contributed by atoms with Gasteiger partial charge >= 0.3 is 0 Å². The molecular formula is C16H21ClN2. The van der Waals surface area contributed by atoms with E-state index < -0.39 is 0 Å². The van der Waals surface area contributed by atoms with Gasteiger partial charge in [0.25, 0.3) is 0 Å². The van der Waals surface area contributed by atoms with Crippen molar-refractivity contribution in [3.63, 3.8) is 0 Å². The van der Waals surface area contributed by atoms with Crippen LogP contribution in [0.25, 0.3) is 0 Å². The highest BCUT2D eigenvalue weighted by molar-refractivity contribution is 5.42. The third kappa shape index (κ3) is 5.31. The van der Waals surface area contributed by atoms with Gasteiger partial charge in [-0.05, 0) is 20.8 Å². The average molecular weight is 277 g/mol. The highest BCUT2D eigenvalue weighted by Crippen LogP contribution is 2.12. The summed E-state index contributed by atoms with van der Waals surface area (Å²) in [5.74, 6) is 0. The van der Waals surface area contributed by atoms with Crippen molar-refractivity contribution in [2.45, 2.75) is 32.9 Å². The molecule has 0 fully saturated rings. The number of nitrogens with one attached hydrogen (secondary N) is 1. The molecule has 1 N–H and O–H groups in total. The first kappa shape index (κ1) is 15.5. The van der Waals surface area contributed by atoms with Crippen molar-refractivity contribution >= 4 is 5.69 Å². The van der Waals surface area contributed by atoms with Crippen LogP contribution in [0.3, 0.4) is 0 Å². The summed E-state index contributed by atoms with van der Waals surface area (Å²) in [7, 11) is 0. The lowest BCUT2D eigenvalue weighted by Crippen LogP contribution is -3.00. The van der Waals surface area contributed by atoms with E-state index in [1.807, 2.05) is 6.07 Å². The van der Waals surface area contributed by atoms with Gasteiger partial charge in [-0.15, -0.1) is 0 Å². The van der Waals surface area contributed by atoms with Crippen LogP contribution in [-0.4, -0.2) is 5.54 Å². The predicted octanol–water partition coefficient (Wildman–Crippen LogP) is 0.237. The molecule has 2 aromatic rings. The Balaban J connectivity index is 0.00000180. The normalized spacial score (nSPS) is 10.7. The monoisotopic (exact) mass is 276 g/mol. The Kier molecular flexibility index (Phi) is 5.37. The molecule has 0 radical (unpaired) electrons. The Morgan fingerprint density at radius 3 is 2.05 bits per heavy atom.